The summed E-state index contributed by atoms with van der Waals surface area (Å²) in [7, 11) is -0.415. The van der Waals surface area contributed by atoms with Gasteiger partial charge in [-0.3, -0.25) is 19.8 Å². The molecule has 59 heavy (non-hydrogen) atoms. The van der Waals surface area contributed by atoms with E-state index < -0.39 is 10.7 Å². The number of nitrogens with zero attached hydrogens (tertiary/aromatic N) is 9. The van der Waals surface area contributed by atoms with Gasteiger partial charge in [-0.1, -0.05) is 29.4 Å². The Morgan fingerprint density at radius 1 is 0.966 bits per heavy atom. The Morgan fingerprint density at radius 3 is 2.41 bits per heavy atom. The van der Waals surface area contributed by atoms with Gasteiger partial charge in [-0.15, -0.1) is 0 Å². The molecule has 1 aromatic heterocycles. The van der Waals surface area contributed by atoms with Gasteiger partial charge in [-0.05, 0) is 93.3 Å². The minimum Gasteiger partial charge on any atom is -0.512 e. The lowest BCUT2D eigenvalue weighted by Gasteiger charge is -2.40. The summed E-state index contributed by atoms with van der Waals surface area (Å²) in [5.74, 6) is 8.03. The van der Waals surface area contributed by atoms with Gasteiger partial charge in [0.1, 0.15) is 17.2 Å². The van der Waals surface area contributed by atoms with Crippen LogP contribution in [0.3, 0.4) is 0 Å². The lowest BCUT2D eigenvalue weighted by Crippen LogP contribution is -2.49. The fraction of sp³-hybridized carbons (Fsp3) is 0.477. The molecule has 2 aromatic rings. The topological polar surface area (TPSA) is 152 Å². The number of carbonyl (C=O) groups is 2. The Bertz CT molecular complexity index is 2490. The van der Waals surface area contributed by atoms with Gasteiger partial charge in [-0.25, -0.2) is 19.1 Å². The van der Waals surface area contributed by atoms with Crippen LogP contribution in [0.15, 0.2) is 52.6 Å². The maximum absolute atomic E-state index is 12.6. The summed E-state index contributed by atoms with van der Waals surface area (Å²) in [6, 6.07) is 10.5. The molecule has 1 aliphatic carbocycles. The number of hydrogen-bond donors (Lipinski definition) is 2. The summed E-state index contributed by atoms with van der Waals surface area (Å²) in [4.78, 5) is 64.1. The number of carbonyl (C=O) groups excluding carboxylic acids is 3. The van der Waals surface area contributed by atoms with Gasteiger partial charge in [0.25, 0.3) is 5.62 Å². The second kappa shape index (κ2) is 16.4. The number of imide groups is 1. The Morgan fingerprint density at radius 2 is 1.71 bits per heavy atom. The van der Waals surface area contributed by atoms with Crippen LogP contribution in [0, 0.1) is 12.8 Å². The molecule has 2 unspecified atom stereocenters. The zero-order valence-electron chi connectivity index (χ0n) is 33.9. The molecule has 14 nitrogen and oxygen atoms in total. The largest absolute Gasteiger partial charge is 0.512 e. The first-order valence-corrected chi connectivity index (χ1v) is 22.3. The lowest BCUT2D eigenvalue weighted by molar-refractivity contribution is -0.136. The zero-order chi connectivity index (χ0) is 40.8. The third kappa shape index (κ3) is 7.72. The number of aromatic nitrogens is 4. The molecule has 0 spiro atoms. The third-order valence-electron chi connectivity index (χ3n) is 13.0. The van der Waals surface area contributed by atoms with Crippen molar-refractivity contribution in [3.63, 3.8) is 0 Å². The Balaban J connectivity index is 0.796. The van der Waals surface area contributed by atoms with E-state index in [2.05, 4.69) is 75.4 Å². The van der Waals surface area contributed by atoms with E-state index in [4.69, 9.17) is 4.98 Å². The molecule has 0 bridgehead atoms. The molecule has 7 heterocycles. The molecule has 0 radical (unpaired) electrons. The fourth-order valence-electron chi connectivity index (χ4n) is 9.84. The van der Waals surface area contributed by atoms with E-state index in [1.165, 1.54) is 16.1 Å². The minimum absolute atomic E-state index is 0.0792. The second-order valence-corrected chi connectivity index (χ2v) is 18.3. The van der Waals surface area contributed by atoms with Crippen LogP contribution in [0.2, 0.25) is 0 Å². The highest BCUT2D eigenvalue weighted by molar-refractivity contribution is 8.12. The minimum atomic E-state index is -0.415. The van der Waals surface area contributed by atoms with Gasteiger partial charge in [0, 0.05) is 87.2 Å². The van der Waals surface area contributed by atoms with Crippen molar-refractivity contribution in [2.24, 2.45) is 10.9 Å². The number of anilines is 2. The quantitative estimate of drug-likeness (QED) is 0.209. The van der Waals surface area contributed by atoms with Crippen molar-refractivity contribution >= 4 is 57.2 Å². The maximum atomic E-state index is 12.6. The average Bonchev–Trinajstić information content (AvgIpc) is 3.89. The standard InChI is InChI=1S/C44H52N10O4S/c1-28-35-24-46-44(49-42(35)54(32-6-4-5-7-32)37(27-55)41(28)29(2)56)47-39-12-9-34(23-45-39)52-20-18-50(19-21-52)25-30-14-16-51(17-15-30)33-8-11-38-31(22-33)26-53(59(38)3)36-10-13-40(57)48-43(36)58/h8-9,11-12,22-24,30,32,36,56H,3-7,10,13-21,25-26H2,1-2H3,(H,48,57,58)/b41-29+,47-44?. The molecule has 2 amide bonds. The smallest absolute Gasteiger partial charge is 0.253 e. The van der Waals surface area contributed by atoms with Crippen molar-refractivity contribution < 1.29 is 19.5 Å². The van der Waals surface area contributed by atoms with Crippen LogP contribution < -0.4 is 31.3 Å². The summed E-state index contributed by atoms with van der Waals surface area (Å²) in [5, 5.41) is 13.9. The van der Waals surface area contributed by atoms with Crippen LogP contribution in [0.1, 0.15) is 75.5 Å². The molecule has 2 atom stereocenters. The van der Waals surface area contributed by atoms with Crippen LogP contribution in [-0.4, -0.2) is 109 Å². The fourth-order valence-corrected chi connectivity index (χ4v) is 11.5. The zero-order valence-corrected chi connectivity index (χ0v) is 34.7. The van der Waals surface area contributed by atoms with Crippen LogP contribution in [-0.2, 0) is 20.9 Å². The number of piperidine rings is 2. The number of piperazine rings is 1. The molecule has 7 aliphatic rings. The van der Waals surface area contributed by atoms with Crippen LogP contribution in [0.25, 0.3) is 17.1 Å². The first-order valence-electron chi connectivity index (χ1n) is 21.0. The number of amides is 2. The molecule has 9 rings (SSSR count). The Kier molecular flexibility index (Phi) is 10.9. The average molecular weight is 817 g/mol. The molecule has 1 aromatic carbocycles. The molecule has 2 N–H and O–H groups in total. The van der Waals surface area contributed by atoms with Crippen molar-refractivity contribution in [3.8, 4) is 11.4 Å². The molecular weight excluding hydrogens is 765 g/mol. The van der Waals surface area contributed by atoms with Gasteiger partial charge in [0.2, 0.25) is 11.8 Å². The van der Waals surface area contributed by atoms with E-state index in [9.17, 15) is 19.5 Å². The van der Waals surface area contributed by atoms with E-state index in [1.807, 2.05) is 23.8 Å². The van der Waals surface area contributed by atoms with Gasteiger partial charge in [0.15, 0.2) is 11.8 Å². The number of aliphatic hydroxyl groups excluding tert-OH is 1. The summed E-state index contributed by atoms with van der Waals surface area (Å²) in [6.07, 6.45) is 10.9. The van der Waals surface area contributed by atoms with Crippen LogP contribution >= 0.6 is 10.7 Å². The maximum Gasteiger partial charge on any atom is 0.253 e. The van der Waals surface area contributed by atoms with Crippen molar-refractivity contribution in [2.45, 2.75) is 88.7 Å². The molecule has 308 valence electrons. The van der Waals surface area contributed by atoms with E-state index >= 15 is 0 Å². The normalized spacial score (nSPS) is 23.2. The van der Waals surface area contributed by atoms with E-state index in [1.54, 1.807) is 13.1 Å². The number of rotatable bonds is 7. The highest BCUT2D eigenvalue weighted by Gasteiger charge is 2.37. The predicted octanol–water partition coefficient (Wildman–Crippen LogP) is 3.26. The van der Waals surface area contributed by atoms with Gasteiger partial charge in [-0.2, -0.15) is 9.98 Å². The number of nitrogens with one attached hydrogen (secondary N) is 1. The van der Waals surface area contributed by atoms with E-state index in [0.29, 0.717) is 47.5 Å². The third-order valence-corrected chi connectivity index (χ3v) is 14.9. The molecule has 4 fully saturated rings. The van der Waals surface area contributed by atoms with Crippen LogP contribution in [0.5, 0.6) is 0 Å². The lowest BCUT2D eigenvalue weighted by atomic mass is 9.95. The van der Waals surface area contributed by atoms with Gasteiger partial charge in [0.05, 0.1) is 22.9 Å². The number of hydrogen-bond acceptors (Lipinski definition) is 12. The summed E-state index contributed by atoms with van der Waals surface area (Å²) in [6.45, 7) is 11.2. The molecular formula is C44H52N10O4S. The highest BCUT2D eigenvalue weighted by atomic mass is 32.2. The number of aliphatic hydroxyl groups is 1. The van der Waals surface area contributed by atoms with Gasteiger partial charge >= 0.3 is 0 Å². The summed E-state index contributed by atoms with van der Waals surface area (Å²) >= 11 is 0. The second-order valence-electron chi connectivity index (χ2n) is 16.7. The molecule has 1 saturated carbocycles. The summed E-state index contributed by atoms with van der Waals surface area (Å²) in [5.41, 5.74) is 5.35. The summed E-state index contributed by atoms with van der Waals surface area (Å²) < 4.78 is 4.10. The number of fused-ring (bicyclic) bond motifs is 2. The van der Waals surface area contributed by atoms with Crippen molar-refractivity contribution in [2.75, 3.05) is 55.6 Å². The van der Waals surface area contributed by atoms with Crippen LogP contribution in [0.4, 0.5) is 17.2 Å². The van der Waals surface area contributed by atoms with Crippen molar-refractivity contribution in [1.29, 1.82) is 0 Å². The van der Waals surface area contributed by atoms with E-state index in [0.717, 1.165) is 101 Å². The van der Waals surface area contributed by atoms with E-state index in [-0.39, 0.29) is 35.3 Å². The van der Waals surface area contributed by atoms with Gasteiger partial charge < -0.3 is 19.5 Å². The highest BCUT2D eigenvalue weighted by Crippen LogP contribution is 2.45. The predicted molar refractivity (Wildman–Crippen MR) is 229 cm³/mol. The number of pyridine rings is 2. The van der Waals surface area contributed by atoms with Crippen molar-refractivity contribution in [1.82, 2.24) is 34.0 Å². The monoisotopic (exact) mass is 816 g/mol. The first-order chi connectivity index (χ1) is 28.6. The molecule has 15 heteroatoms. The Hall–Kier alpha value is -5.21. The number of benzene rings is 1. The Labute approximate surface area is 346 Å². The molecule has 3 saturated heterocycles. The molecule has 6 aliphatic heterocycles. The van der Waals surface area contributed by atoms with Crippen molar-refractivity contribution in [3.05, 3.63) is 70.0 Å². The first kappa shape index (κ1) is 39.3. The SMILES string of the molecule is C=S1c2ccc(N3CCC(CN4CCN(c5ccc(N=c6ncc7c(C)/c(=C(/C)O)c(=C=O)n(C8CCCC8)c-7n6)nc5)CC4)CC3)cc2CN1C1CCC(=O)NC1=O.